The summed E-state index contributed by atoms with van der Waals surface area (Å²) in [5.41, 5.74) is 8.38. The predicted molar refractivity (Wildman–Crippen MR) is 73.6 cm³/mol. The first kappa shape index (κ1) is 12.9. The Morgan fingerprint density at radius 2 is 2.29 bits per heavy atom. The molecule has 2 unspecified atom stereocenters. The third-order valence-corrected chi connectivity index (χ3v) is 4.79. The predicted octanol–water partition coefficient (Wildman–Crippen LogP) is 2.77. The zero-order valence-electron chi connectivity index (χ0n) is 10.6. The molecule has 1 aliphatic rings. The Labute approximate surface area is 108 Å². The maximum Gasteiger partial charge on any atom is 0.0669 e. The average Bonchev–Trinajstić information content (AvgIpc) is 2.69. The third-order valence-electron chi connectivity index (χ3n) is 3.21. The van der Waals surface area contributed by atoms with Gasteiger partial charge in [0.25, 0.3) is 0 Å². The first-order valence-corrected chi connectivity index (χ1v) is 7.16. The molecule has 2 atom stereocenters. The van der Waals surface area contributed by atoms with E-state index in [2.05, 4.69) is 32.0 Å². The number of hydrogen-bond donors (Lipinski definition) is 1. The average molecular weight is 251 g/mol. The lowest BCUT2D eigenvalue weighted by Gasteiger charge is -2.16. The molecule has 1 aromatic carbocycles. The summed E-state index contributed by atoms with van der Waals surface area (Å²) in [5.74, 6) is 0. The molecule has 17 heavy (non-hydrogen) atoms. The van der Waals surface area contributed by atoms with Gasteiger partial charge in [-0.2, -0.15) is 0 Å². The summed E-state index contributed by atoms with van der Waals surface area (Å²) in [4.78, 5) is 1.38. The molecule has 2 nitrogen and oxygen atoms in total. The second-order valence-corrected chi connectivity index (χ2v) is 5.95. The maximum absolute atomic E-state index is 5.68. The second-order valence-electron chi connectivity index (χ2n) is 4.67. The van der Waals surface area contributed by atoms with Crippen molar-refractivity contribution in [3.63, 3.8) is 0 Å². The molecule has 0 aromatic heterocycles. The molecular formula is C14H21NOS. The molecule has 1 heterocycles. The summed E-state index contributed by atoms with van der Waals surface area (Å²) in [6, 6.07) is 6.68. The number of aryl methyl sites for hydroxylation is 1. The van der Waals surface area contributed by atoms with E-state index in [9.17, 15) is 0 Å². The highest BCUT2D eigenvalue weighted by atomic mass is 32.2. The third kappa shape index (κ3) is 3.24. The number of benzene rings is 1. The van der Waals surface area contributed by atoms with Crippen LogP contribution in [0.2, 0.25) is 0 Å². The highest BCUT2D eigenvalue weighted by molar-refractivity contribution is 8.00. The van der Waals surface area contributed by atoms with Gasteiger partial charge in [0.1, 0.15) is 0 Å². The Bertz CT molecular complexity index is 380. The van der Waals surface area contributed by atoms with Gasteiger partial charge in [0.05, 0.1) is 6.10 Å². The first-order valence-electron chi connectivity index (χ1n) is 6.28. The number of hydrogen-bond acceptors (Lipinski definition) is 3. The van der Waals surface area contributed by atoms with Gasteiger partial charge in [-0.3, -0.25) is 0 Å². The van der Waals surface area contributed by atoms with E-state index in [1.165, 1.54) is 16.0 Å². The largest absolute Gasteiger partial charge is 0.377 e. The van der Waals surface area contributed by atoms with E-state index >= 15 is 0 Å². The lowest BCUT2D eigenvalue weighted by molar-refractivity contribution is 0.127. The molecule has 3 heteroatoms. The Hall–Kier alpha value is -0.510. The van der Waals surface area contributed by atoms with Crippen LogP contribution < -0.4 is 5.73 Å². The molecule has 94 valence electrons. The topological polar surface area (TPSA) is 35.2 Å². The summed E-state index contributed by atoms with van der Waals surface area (Å²) in [6.45, 7) is 5.92. The molecule has 1 saturated heterocycles. The Balaban J connectivity index is 2.13. The van der Waals surface area contributed by atoms with Crippen molar-refractivity contribution in [2.45, 2.75) is 42.9 Å². The van der Waals surface area contributed by atoms with Crippen LogP contribution in [0.15, 0.2) is 23.1 Å². The fourth-order valence-corrected chi connectivity index (χ4v) is 3.47. The molecule has 0 amide bonds. The number of thioether (sulfide) groups is 1. The van der Waals surface area contributed by atoms with E-state index in [0.717, 1.165) is 19.4 Å². The van der Waals surface area contributed by atoms with Crippen LogP contribution in [0.25, 0.3) is 0 Å². The fraction of sp³-hybridized carbons (Fsp3) is 0.571. The molecular weight excluding hydrogens is 230 g/mol. The lowest BCUT2D eigenvalue weighted by Crippen LogP contribution is -2.14. The summed E-state index contributed by atoms with van der Waals surface area (Å²) in [6.07, 6.45) is 2.49. The number of nitrogens with two attached hydrogens (primary N) is 1. The smallest absolute Gasteiger partial charge is 0.0669 e. The monoisotopic (exact) mass is 251 g/mol. The molecule has 0 aliphatic carbocycles. The van der Waals surface area contributed by atoms with Crippen LogP contribution >= 0.6 is 11.8 Å². The zero-order valence-corrected chi connectivity index (χ0v) is 11.4. The van der Waals surface area contributed by atoms with Crippen molar-refractivity contribution < 1.29 is 4.74 Å². The van der Waals surface area contributed by atoms with Crippen molar-refractivity contribution in [3.05, 3.63) is 29.3 Å². The SMILES string of the molecule is Cc1ccc(SC2CCOC2C)c(CCN)c1. The summed E-state index contributed by atoms with van der Waals surface area (Å²) < 4.78 is 5.62. The molecule has 0 radical (unpaired) electrons. The van der Waals surface area contributed by atoms with Crippen LogP contribution in [-0.4, -0.2) is 24.5 Å². The van der Waals surface area contributed by atoms with Crippen molar-refractivity contribution in [1.29, 1.82) is 0 Å². The normalized spacial score (nSPS) is 24.2. The van der Waals surface area contributed by atoms with Crippen molar-refractivity contribution in [1.82, 2.24) is 0 Å². The van der Waals surface area contributed by atoms with Crippen molar-refractivity contribution >= 4 is 11.8 Å². The first-order chi connectivity index (χ1) is 8.20. The number of ether oxygens (including phenoxy) is 1. The molecule has 0 bridgehead atoms. The van der Waals surface area contributed by atoms with Gasteiger partial charge in [-0.15, -0.1) is 11.8 Å². The molecule has 2 rings (SSSR count). The fourth-order valence-electron chi connectivity index (χ4n) is 2.20. The van der Waals surface area contributed by atoms with Crippen molar-refractivity contribution in [2.24, 2.45) is 5.73 Å². The van der Waals surface area contributed by atoms with Gasteiger partial charge >= 0.3 is 0 Å². The van der Waals surface area contributed by atoms with Crippen LogP contribution in [0.1, 0.15) is 24.5 Å². The van der Waals surface area contributed by atoms with E-state index in [1.807, 2.05) is 11.8 Å². The minimum atomic E-state index is 0.368. The second kappa shape index (κ2) is 5.89. The molecule has 1 aliphatic heterocycles. The van der Waals surface area contributed by atoms with Crippen LogP contribution in [0, 0.1) is 6.92 Å². The van der Waals surface area contributed by atoms with Gasteiger partial charge in [-0.1, -0.05) is 17.7 Å². The molecule has 1 fully saturated rings. The summed E-state index contributed by atoms with van der Waals surface area (Å²) in [7, 11) is 0. The minimum absolute atomic E-state index is 0.368. The van der Waals surface area contributed by atoms with Gasteiger partial charge in [0.2, 0.25) is 0 Å². The quantitative estimate of drug-likeness (QED) is 0.893. The van der Waals surface area contributed by atoms with Crippen LogP contribution in [0.4, 0.5) is 0 Å². The van der Waals surface area contributed by atoms with E-state index in [1.54, 1.807) is 0 Å². The highest BCUT2D eigenvalue weighted by Crippen LogP contribution is 2.34. The molecule has 0 saturated carbocycles. The van der Waals surface area contributed by atoms with E-state index in [-0.39, 0.29) is 0 Å². The van der Waals surface area contributed by atoms with E-state index in [4.69, 9.17) is 10.5 Å². The summed E-state index contributed by atoms with van der Waals surface area (Å²) in [5, 5.41) is 0.592. The van der Waals surface area contributed by atoms with Crippen LogP contribution in [-0.2, 0) is 11.2 Å². The van der Waals surface area contributed by atoms with Gasteiger partial charge in [0.15, 0.2) is 0 Å². The van der Waals surface area contributed by atoms with Gasteiger partial charge in [0, 0.05) is 16.8 Å². The lowest BCUT2D eigenvalue weighted by atomic mass is 10.1. The summed E-state index contributed by atoms with van der Waals surface area (Å²) >= 11 is 1.95. The van der Waals surface area contributed by atoms with Gasteiger partial charge in [-0.25, -0.2) is 0 Å². The highest BCUT2D eigenvalue weighted by Gasteiger charge is 2.25. The van der Waals surface area contributed by atoms with Gasteiger partial charge < -0.3 is 10.5 Å². The van der Waals surface area contributed by atoms with Crippen LogP contribution in [0.3, 0.4) is 0 Å². The molecule has 0 spiro atoms. The Kier molecular flexibility index (Phi) is 4.48. The molecule has 1 aromatic rings. The Morgan fingerprint density at radius 1 is 1.47 bits per heavy atom. The standard InChI is InChI=1S/C14H21NOS/c1-10-3-4-14(12(9-10)5-7-15)17-13-6-8-16-11(13)2/h3-4,9,11,13H,5-8,15H2,1-2H3. The van der Waals surface area contributed by atoms with Crippen molar-refractivity contribution in [2.75, 3.05) is 13.2 Å². The van der Waals surface area contributed by atoms with E-state index < -0.39 is 0 Å². The van der Waals surface area contributed by atoms with Crippen LogP contribution in [0.5, 0.6) is 0 Å². The Morgan fingerprint density at radius 3 is 2.94 bits per heavy atom. The van der Waals surface area contributed by atoms with Gasteiger partial charge in [-0.05, 0) is 44.9 Å². The minimum Gasteiger partial charge on any atom is -0.377 e. The maximum atomic E-state index is 5.68. The number of rotatable bonds is 4. The molecule has 2 N–H and O–H groups in total. The van der Waals surface area contributed by atoms with Crippen molar-refractivity contribution in [3.8, 4) is 0 Å². The zero-order chi connectivity index (χ0) is 12.3. The van der Waals surface area contributed by atoms with E-state index in [0.29, 0.717) is 17.9 Å².